The van der Waals surface area contributed by atoms with Gasteiger partial charge >= 0.3 is 12.0 Å². The standard InChI is InChI=1S/C14H25N3O3/c1-3-10(2)12(13(18)19)15-14(20)17-8-7-16-6-4-5-11(16)9-17/h10-12H,3-9H2,1-2H3,(H,15,20)(H,18,19)/t10-,11?,12-/m0/s1. The van der Waals surface area contributed by atoms with Crippen LogP contribution in [0.2, 0.25) is 0 Å². The molecule has 0 aromatic carbocycles. The summed E-state index contributed by atoms with van der Waals surface area (Å²) in [6.07, 6.45) is 3.07. The van der Waals surface area contributed by atoms with Gasteiger partial charge in [0, 0.05) is 25.7 Å². The molecule has 0 aromatic rings. The number of fused-ring (bicyclic) bond motifs is 1. The highest BCUT2D eigenvalue weighted by Crippen LogP contribution is 2.21. The molecule has 3 atom stereocenters. The number of hydrogen-bond acceptors (Lipinski definition) is 3. The maximum absolute atomic E-state index is 12.3. The Labute approximate surface area is 120 Å². The van der Waals surface area contributed by atoms with Crippen molar-refractivity contribution in [3.63, 3.8) is 0 Å². The van der Waals surface area contributed by atoms with E-state index in [9.17, 15) is 14.7 Å². The number of hydrogen-bond donors (Lipinski definition) is 2. The highest BCUT2D eigenvalue weighted by Gasteiger charge is 2.34. The highest BCUT2D eigenvalue weighted by atomic mass is 16.4. The van der Waals surface area contributed by atoms with Crippen LogP contribution in [0.3, 0.4) is 0 Å². The van der Waals surface area contributed by atoms with E-state index in [1.54, 1.807) is 4.90 Å². The van der Waals surface area contributed by atoms with Crippen molar-refractivity contribution in [1.29, 1.82) is 0 Å². The van der Waals surface area contributed by atoms with Gasteiger partial charge < -0.3 is 15.3 Å². The van der Waals surface area contributed by atoms with E-state index in [1.165, 1.54) is 6.42 Å². The van der Waals surface area contributed by atoms with Gasteiger partial charge in [-0.2, -0.15) is 0 Å². The summed E-state index contributed by atoms with van der Waals surface area (Å²) in [5.74, 6) is -1.02. The molecule has 0 radical (unpaired) electrons. The molecule has 0 spiro atoms. The smallest absolute Gasteiger partial charge is 0.326 e. The van der Waals surface area contributed by atoms with Gasteiger partial charge in [-0.1, -0.05) is 20.3 Å². The van der Waals surface area contributed by atoms with Crippen molar-refractivity contribution in [2.24, 2.45) is 5.92 Å². The van der Waals surface area contributed by atoms with Crippen LogP contribution in [0.1, 0.15) is 33.1 Å². The van der Waals surface area contributed by atoms with Crippen molar-refractivity contribution in [3.8, 4) is 0 Å². The first-order chi connectivity index (χ1) is 9.52. The summed E-state index contributed by atoms with van der Waals surface area (Å²) in [6, 6.07) is -0.570. The molecule has 6 heteroatoms. The highest BCUT2D eigenvalue weighted by molar-refractivity contribution is 5.82. The van der Waals surface area contributed by atoms with Crippen LogP contribution < -0.4 is 5.32 Å². The zero-order valence-corrected chi connectivity index (χ0v) is 12.3. The predicted molar refractivity (Wildman–Crippen MR) is 75.6 cm³/mol. The van der Waals surface area contributed by atoms with E-state index in [-0.39, 0.29) is 11.9 Å². The van der Waals surface area contributed by atoms with Gasteiger partial charge in [-0.15, -0.1) is 0 Å². The van der Waals surface area contributed by atoms with Crippen molar-refractivity contribution in [1.82, 2.24) is 15.1 Å². The first kappa shape index (κ1) is 15.1. The maximum Gasteiger partial charge on any atom is 0.326 e. The Balaban J connectivity index is 1.91. The molecule has 20 heavy (non-hydrogen) atoms. The first-order valence-electron chi connectivity index (χ1n) is 7.55. The molecule has 2 aliphatic heterocycles. The van der Waals surface area contributed by atoms with Crippen LogP contribution in [0.25, 0.3) is 0 Å². The first-order valence-corrected chi connectivity index (χ1v) is 7.55. The second-order valence-electron chi connectivity index (χ2n) is 5.93. The third-order valence-electron chi connectivity index (χ3n) is 4.63. The largest absolute Gasteiger partial charge is 0.480 e. The van der Waals surface area contributed by atoms with Crippen LogP contribution in [0.5, 0.6) is 0 Å². The van der Waals surface area contributed by atoms with Crippen LogP contribution in [-0.2, 0) is 4.79 Å². The lowest BCUT2D eigenvalue weighted by molar-refractivity contribution is -0.140. The van der Waals surface area contributed by atoms with Crippen LogP contribution in [0, 0.1) is 5.92 Å². The lowest BCUT2D eigenvalue weighted by Gasteiger charge is -2.38. The number of urea groups is 1. The average molecular weight is 283 g/mol. The number of aliphatic carboxylic acids is 1. The Bertz CT molecular complexity index is 375. The van der Waals surface area contributed by atoms with Crippen LogP contribution >= 0.6 is 0 Å². The maximum atomic E-state index is 12.3. The number of nitrogens with one attached hydrogen (secondary N) is 1. The Morgan fingerprint density at radius 2 is 2.10 bits per heavy atom. The molecular weight excluding hydrogens is 258 g/mol. The van der Waals surface area contributed by atoms with E-state index in [1.807, 2.05) is 13.8 Å². The van der Waals surface area contributed by atoms with Crippen LogP contribution in [-0.4, -0.2) is 65.2 Å². The van der Waals surface area contributed by atoms with E-state index < -0.39 is 12.0 Å². The van der Waals surface area contributed by atoms with Crippen molar-refractivity contribution in [2.45, 2.75) is 45.2 Å². The summed E-state index contributed by atoms with van der Waals surface area (Å²) in [5, 5.41) is 11.9. The van der Waals surface area contributed by atoms with Crippen molar-refractivity contribution >= 4 is 12.0 Å². The third-order valence-corrected chi connectivity index (χ3v) is 4.63. The second kappa shape index (κ2) is 6.43. The van der Waals surface area contributed by atoms with Gasteiger partial charge in [0.1, 0.15) is 6.04 Å². The Hall–Kier alpha value is -1.30. The number of piperazine rings is 1. The minimum absolute atomic E-state index is 0.0655. The summed E-state index contributed by atoms with van der Waals surface area (Å²) in [6.45, 7) is 7.23. The zero-order valence-electron chi connectivity index (χ0n) is 12.3. The van der Waals surface area contributed by atoms with E-state index in [0.717, 1.165) is 32.5 Å². The van der Waals surface area contributed by atoms with E-state index >= 15 is 0 Å². The quantitative estimate of drug-likeness (QED) is 0.806. The van der Waals surface area contributed by atoms with E-state index in [4.69, 9.17) is 0 Å². The topological polar surface area (TPSA) is 72.9 Å². The molecule has 0 saturated carbocycles. The molecule has 2 rings (SSSR count). The summed E-state index contributed by atoms with van der Waals surface area (Å²) >= 11 is 0. The number of nitrogens with zero attached hydrogens (tertiary/aromatic N) is 2. The molecule has 114 valence electrons. The van der Waals surface area contributed by atoms with E-state index in [2.05, 4.69) is 10.2 Å². The SMILES string of the molecule is CC[C@H](C)[C@H](NC(=O)N1CCN2CCCC2C1)C(=O)O. The minimum atomic E-state index is -0.952. The molecule has 2 N–H and O–H groups in total. The molecule has 2 aliphatic rings. The summed E-state index contributed by atoms with van der Waals surface area (Å²) in [7, 11) is 0. The number of carbonyl (C=O) groups is 2. The second-order valence-corrected chi connectivity index (χ2v) is 5.93. The summed E-state index contributed by atoms with van der Waals surface area (Å²) in [4.78, 5) is 27.7. The van der Waals surface area contributed by atoms with Crippen molar-refractivity contribution in [2.75, 3.05) is 26.2 Å². The number of carboxylic acid groups (broad SMARTS) is 1. The van der Waals surface area contributed by atoms with Crippen LogP contribution in [0.4, 0.5) is 4.79 Å². The molecule has 0 aliphatic carbocycles. The summed E-state index contributed by atoms with van der Waals surface area (Å²) < 4.78 is 0. The van der Waals surface area contributed by atoms with Crippen LogP contribution in [0.15, 0.2) is 0 Å². The molecule has 2 saturated heterocycles. The molecule has 2 fully saturated rings. The molecule has 2 heterocycles. The zero-order chi connectivity index (χ0) is 14.7. The summed E-state index contributed by atoms with van der Waals surface area (Å²) in [5.41, 5.74) is 0. The van der Waals surface area contributed by atoms with Crippen molar-refractivity contribution < 1.29 is 14.7 Å². The lowest BCUT2D eigenvalue weighted by atomic mass is 9.99. The van der Waals surface area contributed by atoms with Gasteiger partial charge in [-0.25, -0.2) is 9.59 Å². The molecule has 0 bridgehead atoms. The van der Waals surface area contributed by atoms with Crippen molar-refractivity contribution in [3.05, 3.63) is 0 Å². The normalized spacial score (nSPS) is 25.9. The monoisotopic (exact) mass is 283 g/mol. The Morgan fingerprint density at radius 3 is 2.75 bits per heavy atom. The van der Waals surface area contributed by atoms with E-state index in [0.29, 0.717) is 12.6 Å². The fraction of sp³-hybridized carbons (Fsp3) is 0.857. The fourth-order valence-corrected chi connectivity index (χ4v) is 3.08. The molecular formula is C14H25N3O3. The molecule has 0 aromatic heterocycles. The molecule has 1 unspecified atom stereocenters. The molecule has 2 amide bonds. The number of amides is 2. The molecule has 6 nitrogen and oxygen atoms in total. The number of carboxylic acids is 1. The van der Waals surface area contributed by atoms with Gasteiger partial charge in [0.2, 0.25) is 0 Å². The Morgan fingerprint density at radius 1 is 1.35 bits per heavy atom. The van der Waals surface area contributed by atoms with Gasteiger partial charge in [0.25, 0.3) is 0 Å². The number of carbonyl (C=O) groups excluding carboxylic acids is 1. The third kappa shape index (κ3) is 3.23. The lowest BCUT2D eigenvalue weighted by Crippen LogP contribution is -2.57. The van der Waals surface area contributed by atoms with Gasteiger partial charge in [-0.05, 0) is 25.3 Å². The van der Waals surface area contributed by atoms with Gasteiger partial charge in [0.05, 0.1) is 0 Å². The minimum Gasteiger partial charge on any atom is -0.480 e. The fourth-order valence-electron chi connectivity index (χ4n) is 3.08. The van der Waals surface area contributed by atoms with Gasteiger partial charge in [-0.3, -0.25) is 4.90 Å². The Kier molecular flexibility index (Phi) is 4.86. The number of rotatable bonds is 4. The van der Waals surface area contributed by atoms with Gasteiger partial charge in [0.15, 0.2) is 0 Å². The average Bonchev–Trinajstić information content (AvgIpc) is 2.90. The predicted octanol–water partition coefficient (Wildman–Crippen LogP) is 0.975.